The van der Waals surface area contributed by atoms with Gasteiger partial charge in [0.05, 0.1) is 41.3 Å². The number of carbonyl (C=O) groups excluding carboxylic acids is 2. The van der Waals surface area contributed by atoms with Crippen LogP contribution in [0.1, 0.15) is 21.6 Å². The maximum Gasteiger partial charge on any atom is 0.339 e. The highest BCUT2D eigenvalue weighted by molar-refractivity contribution is 6.06. The topological polar surface area (TPSA) is 81.2 Å². The summed E-state index contributed by atoms with van der Waals surface area (Å²) < 4.78 is 4.76. The van der Waals surface area contributed by atoms with E-state index in [-0.39, 0.29) is 5.91 Å². The van der Waals surface area contributed by atoms with Crippen molar-refractivity contribution in [2.24, 2.45) is 0 Å². The van der Waals surface area contributed by atoms with Crippen LogP contribution in [0.3, 0.4) is 0 Å². The number of ether oxygens (including phenoxy) is 1. The van der Waals surface area contributed by atoms with Crippen LogP contribution < -0.4 is 5.32 Å². The number of hydrogen-bond acceptors (Lipinski definition) is 5. The maximum atomic E-state index is 12.2. The minimum absolute atomic E-state index is 0.305. The summed E-state index contributed by atoms with van der Waals surface area (Å²) in [5, 5.41) is 2.69. The number of anilines is 1. The van der Waals surface area contributed by atoms with Gasteiger partial charge >= 0.3 is 5.97 Å². The van der Waals surface area contributed by atoms with E-state index in [1.54, 1.807) is 30.5 Å². The van der Waals surface area contributed by atoms with E-state index < -0.39 is 5.97 Å². The molecule has 130 valence electrons. The third-order valence-electron chi connectivity index (χ3n) is 3.71. The highest BCUT2D eigenvalue weighted by Gasteiger charge is 2.13. The molecule has 1 amide bonds. The molecule has 1 N–H and O–H groups in total. The van der Waals surface area contributed by atoms with Gasteiger partial charge in [-0.15, -0.1) is 0 Å². The largest absolute Gasteiger partial charge is 0.465 e. The number of amides is 1. The summed E-state index contributed by atoms with van der Waals surface area (Å²) >= 11 is 0. The molecule has 3 rings (SSSR count). The van der Waals surface area contributed by atoms with Crippen molar-refractivity contribution in [1.82, 2.24) is 9.97 Å². The normalized spacial score (nSPS) is 10.8. The number of methoxy groups -OCH3 is 1. The summed E-state index contributed by atoms with van der Waals surface area (Å²) in [5.41, 5.74) is 3.70. The van der Waals surface area contributed by atoms with Crippen LogP contribution in [0.25, 0.3) is 17.1 Å². The molecule has 0 radical (unpaired) electrons. The van der Waals surface area contributed by atoms with E-state index in [4.69, 9.17) is 4.74 Å². The summed E-state index contributed by atoms with van der Waals surface area (Å²) in [5.74, 6) is -0.887. The van der Waals surface area contributed by atoms with Crippen LogP contribution in [0, 0.1) is 6.92 Å². The number of nitrogens with zero attached hydrogens (tertiary/aromatic N) is 2. The first-order chi connectivity index (χ1) is 12.6. The smallest absolute Gasteiger partial charge is 0.339 e. The molecule has 0 aliphatic heterocycles. The third-order valence-corrected chi connectivity index (χ3v) is 3.71. The summed E-state index contributed by atoms with van der Waals surface area (Å²) in [6, 6.07) is 12.6. The van der Waals surface area contributed by atoms with E-state index in [9.17, 15) is 9.59 Å². The molecule has 6 heteroatoms. The molecule has 26 heavy (non-hydrogen) atoms. The highest BCUT2D eigenvalue weighted by atomic mass is 16.5. The van der Waals surface area contributed by atoms with Gasteiger partial charge in [0.2, 0.25) is 5.91 Å². The van der Waals surface area contributed by atoms with Crippen LogP contribution in [0.4, 0.5) is 5.69 Å². The molecule has 1 heterocycles. The molecule has 0 aliphatic carbocycles. The molecule has 0 unspecified atom stereocenters. The molecule has 1 aromatic heterocycles. The van der Waals surface area contributed by atoms with Crippen LogP contribution in [0.15, 0.2) is 54.7 Å². The molecule has 0 atom stereocenters. The van der Waals surface area contributed by atoms with Crippen molar-refractivity contribution in [1.29, 1.82) is 0 Å². The monoisotopic (exact) mass is 347 g/mol. The van der Waals surface area contributed by atoms with Crippen molar-refractivity contribution in [2.75, 3.05) is 12.4 Å². The Hall–Kier alpha value is -3.54. The lowest BCUT2D eigenvalue weighted by Gasteiger charge is -2.09. The fraction of sp³-hybridized carbons (Fsp3) is 0.100. The molecular weight excluding hydrogens is 330 g/mol. The Bertz CT molecular complexity index is 1010. The van der Waals surface area contributed by atoms with Crippen molar-refractivity contribution in [3.8, 4) is 0 Å². The number of aryl methyl sites for hydroxylation is 1. The fourth-order valence-corrected chi connectivity index (χ4v) is 2.43. The van der Waals surface area contributed by atoms with E-state index in [0.29, 0.717) is 16.9 Å². The Labute approximate surface area is 150 Å². The first kappa shape index (κ1) is 17.3. The number of hydrogen-bond donors (Lipinski definition) is 1. The summed E-state index contributed by atoms with van der Waals surface area (Å²) in [6.45, 7) is 1.86. The van der Waals surface area contributed by atoms with Gasteiger partial charge in [0.1, 0.15) is 0 Å². The van der Waals surface area contributed by atoms with Crippen LogP contribution >= 0.6 is 0 Å². The zero-order valence-corrected chi connectivity index (χ0v) is 14.4. The molecule has 0 spiro atoms. The second-order valence-electron chi connectivity index (χ2n) is 5.65. The molecule has 2 aromatic carbocycles. The van der Waals surface area contributed by atoms with Crippen molar-refractivity contribution < 1.29 is 14.3 Å². The van der Waals surface area contributed by atoms with Crippen LogP contribution in [0.2, 0.25) is 0 Å². The van der Waals surface area contributed by atoms with E-state index >= 15 is 0 Å². The summed E-state index contributed by atoms with van der Waals surface area (Å²) in [4.78, 5) is 32.8. The average Bonchev–Trinajstić information content (AvgIpc) is 2.67. The van der Waals surface area contributed by atoms with Gasteiger partial charge in [-0.3, -0.25) is 9.78 Å². The molecule has 6 nitrogen and oxygen atoms in total. The predicted molar refractivity (Wildman–Crippen MR) is 99.7 cm³/mol. The lowest BCUT2D eigenvalue weighted by atomic mass is 10.1. The van der Waals surface area contributed by atoms with Crippen molar-refractivity contribution >= 4 is 34.7 Å². The quantitative estimate of drug-likeness (QED) is 0.578. The molecule has 0 fully saturated rings. The molecule has 0 saturated heterocycles. The zero-order valence-electron chi connectivity index (χ0n) is 14.4. The minimum Gasteiger partial charge on any atom is -0.465 e. The second-order valence-corrected chi connectivity index (χ2v) is 5.65. The van der Waals surface area contributed by atoms with Gasteiger partial charge in [-0.25, -0.2) is 9.78 Å². The first-order valence-electron chi connectivity index (χ1n) is 7.96. The third kappa shape index (κ3) is 3.92. The summed E-state index contributed by atoms with van der Waals surface area (Å²) in [6.07, 6.45) is 4.51. The number of aromatic nitrogens is 2. The standard InChI is InChI=1S/C20H17N3O3/c1-13-7-9-16(15(11-13)20(25)26-2)23-19(24)10-8-14-12-21-17-5-3-4-6-18(17)22-14/h3-12H,1-2H3,(H,23,24). The van der Waals surface area contributed by atoms with E-state index in [1.165, 1.54) is 13.2 Å². The number of carbonyl (C=O) groups is 2. The lowest BCUT2D eigenvalue weighted by molar-refractivity contribution is -0.111. The van der Waals surface area contributed by atoms with E-state index in [2.05, 4.69) is 15.3 Å². The SMILES string of the molecule is COC(=O)c1cc(C)ccc1NC(=O)C=Cc1cnc2ccccc2n1. The van der Waals surface area contributed by atoms with Gasteiger partial charge in [-0.2, -0.15) is 0 Å². The highest BCUT2D eigenvalue weighted by Crippen LogP contribution is 2.18. The molecule has 0 aliphatic rings. The van der Waals surface area contributed by atoms with E-state index in [0.717, 1.165) is 16.6 Å². The van der Waals surface area contributed by atoms with Crippen molar-refractivity contribution in [3.05, 3.63) is 71.6 Å². The van der Waals surface area contributed by atoms with Crippen molar-refractivity contribution in [2.45, 2.75) is 6.92 Å². The fourth-order valence-electron chi connectivity index (χ4n) is 2.43. The number of nitrogens with one attached hydrogen (secondary N) is 1. The minimum atomic E-state index is -0.506. The molecular formula is C20H17N3O3. The lowest BCUT2D eigenvalue weighted by Crippen LogP contribution is -2.13. The Balaban J connectivity index is 1.78. The predicted octanol–water partition coefficient (Wildman–Crippen LogP) is 3.38. The van der Waals surface area contributed by atoms with Gasteiger partial charge in [0.15, 0.2) is 0 Å². The second kappa shape index (κ2) is 7.57. The number of esters is 1. The number of fused-ring (bicyclic) bond motifs is 1. The van der Waals surface area contributed by atoms with E-state index in [1.807, 2.05) is 31.2 Å². The van der Waals surface area contributed by atoms with Crippen molar-refractivity contribution in [3.63, 3.8) is 0 Å². The van der Waals surface area contributed by atoms with Crippen LogP contribution in [-0.2, 0) is 9.53 Å². The first-order valence-corrected chi connectivity index (χ1v) is 7.96. The Morgan fingerprint density at radius 2 is 1.88 bits per heavy atom. The molecule has 3 aromatic rings. The Kier molecular flexibility index (Phi) is 5.03. The molecule has 0 saturated carbocycles. The van der Waals surface area contributed by atoms with Gasteiger partial charge in [-0.05, 0) is 37.3 Å². The van der Waals surface area contributed by atoms with Gasteiger partial charge in [-0.1, -0.05) is 23.8 Å². The number of rotatable bonds is 4. The van der Waals surface area contributed by atoms with Crippen LogP contribution in [0.5, 0.6) is 0 Å². The number of para-hydroxylation sites is 2. The van der Waals surface area contributed by atoms with Gasteiger partial charge in [0, 0.05) is 6.08 Å². The zero-order chi connectivity index (χ0) is 18.5. The van der Waals surface area contributed by atoms with Gasteiger partial charge in [0.25, 0.3) is 0 Å². The summed E-state index contributed by atoms with van der Waals surface area (Å²) in [7, 11) is 1.30. The Morgan fingerprint density at radius 1 is 1.12 bits per heavy atom. The van der Waals surface area contributed by atoms with Gasteiger partial charge < -0.3 is 10.1 Å². The van der Waals surface area contributed by atoms with Crippen LogP contribution in [-0.4, -0.2) is 29.0 Å². The maximum absolute atomic E-state index is 12.2. The Morgan fingerprint density at radius 3 is 2.65 bits per heavy atom. The molecule has 0 bridgehead atoms. The average molecular weight is 347 g/mol. The number of benzene rings is 2.